The lowest BCUT2D eigenvalue weighted by Crippen LogP contribution is -2.53. The highest BCUT2D eigenvalue weighted by atomic mass is 16.3. The van der Waals surface area contributed by atoms with Crippen molar-refractivity contribution in [2.24, 2.45) is 0 Å². The Morgan fingerprint density at radius 1 is 0.941 bits per heavy atom. The van der Waals surface area contributed by atoms with E-state index in [0.717, 1.165) is 31.9 Å². The molecule has 0 bridgehead atoms. The van der Waals surface area contributed by atoms with Crippen molar-refractivity contribution in [3.8, 4) is 0 Å². The van der Waals surface area contributed by atoms with Crippen molar-refractivity contribution in [3.05, 3.63) is 78.6 Å². The minimum absolute atomic E-state index is 0.0672. The number of nitrogens with zero attached hydrogens (tertiary/aromatic N) is 5. The van der Waals surface area contributed by atoms with Crippen molar-refractivity contribution in [2.45, 2.75) is 12.0 Å². The highest BCUT2D eigenvalue weighted by Crippen LogP contribution is 2.26. The summed E-state index contributed by atoms with van der Waals surface area (Å²) in [5.41, 5.74) is 1.71. The van der Waals surface area contributed by atoms with Gasteiger partial charge in [-0.05, 0) is 42.8 Å². The molecule has 2 N–H and O–H groups in total. The number of aliphatic hydroxyl groups is 1. The lowest BCUT2D eigenvalue weighted by Gasteiger charge is -2.39. The lowest BCUT2D eigenvalue weighted by atomic mass is 10.0. The molecule has 8 heteroatoms. The van der Waals surface area contributed by atoms with Crippen LogP contribution in [-0.2, 0) is 0 Å². The Kier molecular flexibility index (Phi) is 6.42. The topological polar surface area (TPSA) is 84.8 Å². The van der Waals surface area contributed by atoms with Crippen LogP contribution in [0.5, 0.6) is 0 Å². The van der Waals surface area contributed by atoms with E-state index in [0.29, 0.717) is 37.6 Å². The molecule has 0 aliphatic carbocycles. The average Bonchev–Trinajstić information content (AvgIpc) is 3.27. The van der Waals surface area contributed by atoms with E-state index in [-0.39, 0.29) is 5.91 Å². The number of anilines is 3. The first-order chi connectivity index (χ1) is 16.6. The highest BCUT2D eigenvalue weighted by molar-refractivity contribution is 5.95. The molecule has 2 aromatic carbocycles. The molecule has 2 fully saturated rings. The molecule has 2 aliphatic rings. The molecule has 1 aromatic heterocycles. The van der Waals surface area contributed by atoms with Gasteiger partial charge in [-0.15, -0.1) is 0 Å². The Labute approximate surface area is 199 Å². The van der Waals surface area contributed by atoms with Gasteiger partial charge in [0.15, 0.2) is 0 Å². The maximum atomic E-state index is 13.2. The van der Waals surface area contributed by atoms with Crippen LogP contribution in [0.1, 0.15) is 16.8 Å². The van der Waals surface area contributed by atoms with Gasteiger partial charge in [-0.25, -0.2) is 9.97 Å². The summed E-state index contributed by atoms with van der Waals surface area (Å²) < 4.78 is 0. The van der Waals surface area contributed by atoms with E-state index in [1.165, 1.54) is 5.69 Å². The number of hydrogen-bond acceptors (Lipinski definition) is 7. The van der Waals surface area contributed by atoms with Crippen molar-refractivity contribution in [3.63, 3.8) is 0 Å². The van der Waals surface area contributed by atoms with Gasteiger partial charge < -0.3 is 20.2 Å². The quantitative estimate of drug-likeness (QED) is 0.587. The Balaban J connectivity index is 1.16. The van der Waals surface area contributed by atoms with Crippen LogP contribution >= 0.6 is 0 Å². The van der Waals surface area contributed by atoms with Crippen LogP contribution in [-0.4, -0.2) is 82.2 Å². The molecule has 2 saturated heterocycles. The number of carbonyl (C=O) groups excluding carboxylic acids is 1. The molecule has 176 valence electrons. The van der Waals surface area contributed by atoms with E-state index in [9.17, 15) is 9.90 Å². The van der Waals surface area contributed by atoms with Crippen LogP contribution < -0.4 is 10.2 Å². The van der Waals surface area contributed by atoms with Gasteiger partial charge in [0.25, 0.3) is 5.91 Å². The first kappa shape index (κ1) is 22.3. The van der Waals surface area contributed by atoms with Crippen LogP contribution in [0, 0.1) is 0 Å². The smallest absolute Gasteiger partial charge is 0.254 e. The minimum atomic E-state index is -0.877. The predicted octanol–water partition coefficient (Wildman–Crippen LogP) is 2.62. The third kappa shape index (κ3) is 5.18. The van der Waals surface area contributed by atoms with Gasteiger partial charge >= 0.3 is 0 Å². The molecule has 34 heavy (non-hydrogen) atoms. The predicted molar refractivity (Wildman–Crippen MR) is 132 cm³/mol. The Morgan fingerprint density at radius 2 is 1.71 bits per heavy atom. The van der Waals surface area contributed by atoms with E-state index >= 15 is 0 Å². The summed E-state index contributed by atoms with van der Waals surface area (Å²) in [4.78, 5) is 28.0. The molecular formula is C26H30N6O2. The second-order valence-electron chi connectivity index (χ2n) is 9.08. The monoisotopic (exact) mass is 458 g/mol. The summed E-state index contributed by atoms with van der Waals surface area (Å²) >= 11 is 0. The van der Waals surface area contributed by atoms with Crippen LogP contribution in [0.15, 0.2) is 73.1 Å². The van der Waals surface area contributed by atoms with Gasteiger partial charge in [0, 0.05) is 68.6 Å². The fourth-order valence-electron chi connectivity index (χ4n) is 4.78. The summed E-state index contributed by atoms with van der Waals surface area (Å²) in [5, 5.41) is 14.4. The Hall–Kier alpha value is -3.49. The van der Waals surface area contributed by atoms with Crippen molar-refractivity contribution < 1.29 is 9.90 Å². The lowest BCUT2D eigenvalue weighted by molar-refractivity contribution is 0.0103. The fourth-order valence-corrected chi connectivity index (χ4v) is 4.78. The third-order valence-corrected chi connectivity index (χ3v) is 6.56. The number of nitrogens with one attached hydrogen (secondary N) is 1. The van der Waals surface area contributed by atoms with Gasteiger partial charge in [-0.3, -0.25) is 9.69 Å². The van der Waals surface area contributed by atoms with E-state index < -0.39 is 5.60 Å². The third-order valence-electron chi connectivity index (χ3n) is 6.56. The maximum absolute atomic E-state index is 13.2. The molecule has 3 aromatic rings. The van der Waals surface area contributed by atoms with Crippen molar-refractivity contribution in [1.82, 2.24) is 19.8 Å². The highest BCUT2D eigenvalue weighted by Gasteiger charge is 2.40. The number of rotatable bonds is 6. The molecule has 5 rings (SSSR count). The molecule has 2 aliphatic heterocycles. The molecule has 3 heterocycles. The van der Waals surface area contributed by atoms with Gasteiger partial charge in [-0.2, -0.15) is 0 Å². The van der Waals surface area contributed by atoms with Gasteiger partial charge in [-0.1, -0.05) is 24.3 Å². The first-order valence-electron chi connectivity index (χ1n) is 11.8. The molecule has 1 atom stereocenters. The molecule has 0 spiro atoms. The summed E-state index contributed by atoms with van der Waals surface area (Å²) in [6.07, 6.45) is 3.92. The fraction of sp³-hybridized carbons (Fsp3) is 0.346. The van der Waals surface area contributed by atoms with Crippen LogP contribution in [0.4, 0.5) is 17.3 Å². The number of piperazine rings is 1. The Bertz CT molecular complexity index is 1100. The van der Waals surface area contributed by atoms with E-state index in [1.807, 2.05) is 18.2 Å². The van der Waals surface area contributed by atoms with Crippen LogP contribution in [0.25, 0.3) is 0 Å². The number of likely N-dealkylation sites (tertiary alicyclic amines) is 1. The number of amides is 1. The maximum Gasteiger partial charge on any atom is 0.254 e. The zero-order valence-electron chi connectivity index (χ0n) is 19.2. The number of para-hydroxylation sites is 1. The minimum Gasteiger partial charge on any atom is -0.387 e. The number of β-amino-alcohol motifs (C(OH)–C–C–N with tert-alkyl or cyclic N) is 1. The summed E-state index contributed by atoms with van der Waals surface area (Å²) in [6, 6.07) is 19.5. The largest absolute Gasteiger partial charge is 0.387 e. The zero-order chi connectivity index (χ0) is 23.4. The molecule has 0 saturated carbocycles. The standard InChI is InChI=1S/C26H30N6O2/c33-24(21-6-4-7-22(18-21)29-25-27-11-5-12-28-25)32-13-10-26(34,20-32)19-30-14-16-31(17-15-30)23-8-2-1-3-9-23/h1-9,11-12,18,34H,10,13-17,19-20H2,(H,27,28,29)/t26-/m0/s1. The van der Waals surface area contributed by atoms with Crippen LogP contribution in [0.3, 0.4) is 0 Å². The van der Waals surface area contributed by atoms with E-state index in [1.54, 1.807) is 35.5 Å². The summed E-state index contributed by atoms with van der Waals surface area (Å²) in [7, 11) is 0. The van der Waals surface area contributed by atoms with Gasteiger partial charge in [0.1, 0.15) is 0 Å². The zero-order valence-corrected chi connectivity index (χ0v) is 19.2. The normalized spacial score (nSPS) is 21.0. The molecular weight excluding hydrogens is 428 g/mol. The second-order valence-corrected chi connectivity index (χ2v) is 9.08. The van der Waals surface area contributed by atoms with E-state index in [2.05, 4.69) is 49.4 Å². The summed E-state index contributed by atoms with van der Waals surface area (Å²) in [5.74, 6) is 0.414. The molecule has 1 amide bonds. The summed E-state index contributed by atoms with van der Waals surface area (Å²) in [6.45, 7) is 5.18. The number of hydrogen-bond donors (Lipinski definition) is 2. The van der Waals surface area contributed by atoms with E-state index in [4.69, 9.17) is 0 Å². The molecule has 0 unspecified atom stereocenters. The first-order valence-corrected chi connectivity index (χ1v) is 11.8. The molecule has 0 radical (unpaired) electrons. The second kappa shape index (κ2) is 9.79. The Morgan fingerprint density at radius 3 is 2.47 bits per heavy atom. The SMILES string of the molecule is O=C(c1cccc(Nc2ncccn2)c1)N1CC[C@](O)(CN2CCN(c3ccccc3)CC2)C1. The van der Waals surface area contributed by atoms with Crippen molar-refractivity contribution in [1.29, 1.82) is 0 Å². The van der Waals surface area contributed by atoms with Crippen LogP contribution in [0.2, 0.25) is 0 Å². The van der Waals surface area contributed by atoms with Crippen molar-refractivity contribution in [2.75, 3.05) is 56.0 Å². The van der Waals surface area contributed by atoms with Gasteiger partial charge in [0.05, 0.1) is 12.1 Å². The number of benzene rings is 2. The van der Waals surface area contributed by atoms with Crippen molar-refractivity contribution >= 4 is 23.2 Å². The average molecular weight is 459 g/mol. The number of aromatic nitrogens is 2. The van der Waals surface area contributed by atoms with Gasteiger partial charge in [0.2, 0.25) is 5.95 Å². The number of carbonyl (C=O) groups is 1. The molecule has 8 nitrogen and oxygen atoms in total.